The second kappa shape index (κ2) is 17.2. The number of aryl methyl sites for hydroxylation is 2. The van der Waals surface area contributed by atoms with E-state index in [1.54, 1.807) is 6.20 Å². The Bertz CT molecular complexity index is 1470. The van der Waals surface area contributed by atoms with Crippen molar-refractivity contribution in [1.82, 2.24) is 9.97 Å². The molecule has 1 fully saturated rings. The Kier molecular flexibility index (Phi) is 13.7. The van der Waals surface area contributed by atoms with E-state index in [0.717, 1.165) is 56.1 Å². The molecule has 1 N–H and O–H groups in total. The molecule has 0 bridgehead atoms. The van der Waals surface area contributed by atoms with Crippen LogP contribution in [-0.4, -0.2) is 29.7 Å². The van der Waals surface area contributed by atoms with Crippen molar-refractivity contribution in [1.29, 1.82) is 0 Å². The molecule has 5 heteroatoms. The average molecular weight is 602 g/mol. The van der Waals surface area contributed by atoms with E-state index in [4.69, 9.17) is 16.3 Å². The normalized spacial score (nSPS) is 14.1. The number of halogens is 1. The Morgan fingerprint density at radius 3 is 2.51 bits per heavy atom. The lowest BCUT2D eigenvalue weighted by Gasteiger charge is -2.32. The first-order chi connectivity index (χ1) is 20.8. The molecule has 2 aromatic heterocycles. The fourth-order valence-electron chi connectivity index (χ4n) is 5.64. The van der Waals surface area contributed by atoms with E-state index in [9.17, 15) is 0 Å². The van der Waals surface area contributed by atoms with E-state index in [-0.39, 0.29) is 0 Å². The van der Waals surface area contributed by atoms with E-state index in [2.05, 4.69) is 98.9 Å². The third-order valence-corrected chi connectivity index (χ3v) is 8.73. The van der Waals surface area contributed by atoms with Crippen LogP contribution in [0.5, 0.6) is 5.75 Å². The number of aromatic amines is 1. The van der Waals surface area contributed by atoms with Gasteiger partial charge in [-0.15, -0.1) is 0 Å². The standard InChI is InChI=1S/C21H22ClN3.C15H24O.C2H6/c1-14-10-19(22)12-24-21(14)25-9-3-4-18(13-25)15(2)16-5-6-20-17(11-16)7-8-23-20;1-5-13(6-2)11-16-15-10-8-9-14(7-3)12(15)4;1-2/h5-8,10-12,23H,3-4,9,13H2,1-2H3;8-10,13H,5-7,11H2,1-4H3;1-2H3/b18-15-;;. The molecular weight excluding hydrogens is 550 g/mol. The van der Waals surface area contributed by atoms with Crippen LogP contribution in [0.15, 0.2) is 66.5 Å². The van der Waals surface area contributed by atoms with Crippen molar-refractivity contribution in [3.63, 3.8) is 0 Å². The van der Waals surface area contributed by atoms with Crippen molar-refractivity contribution in [2.24, 2.45) is 5.92 Å². The van der Waals surface area contributed by atoms with Crippen LogP contribution in [0, 0.1) is 19.8 Å². The molecule has 5 rings (SSSR count). The van der Waals surface area contributed by atoms with E-state index in [1.807, 2.05) is 26.1 Å². The highest BCUT2D eigenvalue weighted by molar-refractivity contribution is 6.30. The molecule has 2 aromatic carbocycles. The Balaban J connectivity index is 0.000000244. The number of nitrogens with zero attached hydrogens (tertiary/aromatic N) is 2. The second-order valence-electron chi connectivity index (χ2n) is 11.2. The monoisotopic (exact) mass is 601 g/mol. The van der Waals surface area contributed by atoms with Gasteiger partial charge in [0.05, 0.1) is 11.6 Å². The fraction of sp³-hybridized carbons (Fsp3) is 0.447. The summed E-state index contributed by atoms with van der Waals surface area (Å²) < 4.78 is 5.92. The number of piperidine rings is 1. The smallest absolute Gasteiger partial charge is 0.131 e. The minimum absolute atomic E-state index is 0.685. The number of fused-ring (bicyclic) bond motifs is 1. The number of aromatic nitrogens is 2. The van der Waals surface area contributed by atoms with Gasteiger partial charge in [0.25, 0.3) is 0 Å². The molecule has 4 nitrogen and oxygen atoms in total. The molecule has 0 amide bonds. The van der Waals surface area contributed by atoms with Gasteiger partial charge in [0.2, 0.25) is 0 Å². The number of hydrogen-bond acceptors (Lipinski definition) is 3. The van der Waals surface area contributed by atoms with Gasteiger partial charge in [0.15, 0.2) is 0 Å². The van der Waals surface area contributed by atoms with E-state index in [0.29, 0.717) is 10.9 Å². The van der Waals surface area contributed by atoms with Gasteiger partial charge >= 0.3 is 0 Å². The predicted molar refractivity (Wildman–Crippen MR) is 188 cm³/mol. The van der Waals surface area contributed by atoms with Crippen molar-refractivity contribution in [2.75, 3.05) is 24.6 Å². The maximum atomic E-state index is 6.06. The zero-order valence-electron chi connectivity index (χ0n) is 27.7. The predicted octanol–water partition coefficient (Wildman–Crippen LogP) is 11.0. The molecule has 1 saturated heterocycles. The molecule has 43 heavy (non-hydrogen) atoms. The van der Waals surface area contributed by atoms with E-state index >= 15 is 0 Å². The number of benzene rings is 2. The molecular formula is C38H52ClN3O. The summed E-state index contributed by atoms with van der Waals surface area (Å²) in [5.74, 6) is 2.80. The van der Waals surface area contributed by atoms with E-state index < -0.39 is 0 Å². The SMILES string of the molecule is C/C(=C1\CCCN(c2ncc(Cl)cc2C)C1)c1ccc2[nH]ccc2c1.CC.CCc1cccc(OCC(CC)CC)c1C. The van der Waals surface area contributed by atoms with Crippen LogP contribution >= 0.6 is 11.6 Å². The highest BCUT2D eigenvalue weighted by Gasteiger charge is 2.19. The molecule has 1 aliphatic heterocycles. The maximum absolute atomic E-state index is 6.06. The van der Waals surface area contributed by atoms with E-state index in [1.165, 1.54) is 51.6 Å². The van der Waals surface area contributed by atoms with Crippen LogP contribution < -0.4 is 9.64 Å². The van der Waals surface area contributed by atoms with Crippen LogP contribution in [-0.2, 0) is 6.42 Å². The lowest BCUT2D eigenvalue weighted by atomic mass is 9.94. The summed E-state index contributed by atoms with van der Waals surface area (Å²) in [6, 6.07) is 17.1. The molecule has 4 aromatic rings. The van der Waals surface area contributed by atoms with Crippen molar-refractivity contribution in [3.05, 3.63) is 93.8 Å². The number of ether oxygens (including phenoxy) is 1. The first-order valence-corrected chi connectivity index (χ1v) is 16.6. The number of pyridine rings is 1. The van der Waals surface area contributed by atoms with Gasteiger partial charge in [-0.1, -0.05) is 77.3 Å². The molecule has 0 spiro atoms. The molecule has 0 radical (unpaired) electrons. The molecule has 0 saturated carbocycles. The number of anilines is 1. The minimum atomic E-state index is 0.685. The van der Waals surface area contributed by atoms with Gasteiger partial charge in [-0.05, 0) is 115 Å². The molecule has 0 atom stereocenters. The van der Waals surface area contributed by atoms with Crippen LogP contribution in [0.25, 0.3) is 16.5 Å². The Labute approximate surface area is 265 Å². The highest BCUT2D eigenvalue weighted by Crippen LogP contribution is 2.31. The first kappa shape index (κ1) is 34.3. The Hall–Kier alpha value is -3.24. The third kappa shape index (κ3) is 9.13. The zero-order chi connectivity index (χ0) is 31.4. The van der Waals surface area contributed by atoms with Crippen molar-refractivity contribution < 1.29 is 4.74 Å². The minimum Gasteiger partial charge on any atom is -0.493 e. The fourth-order valence-corrected chi connectivity index (χ4v) is 5.86. The lowest BCUT2D eigenvalue weighted by molar-refractivity contribution is 0.239. The van der Waals surface area contributed by atoms with Gasteiger partial charge < -0.3 is 14.6 Å². The number of allylic oxidation sites excluding steroid dienone is 1. The number of nitrogens with one attached hydrogen (secondary N) is 1. The topological polar surface area (TPSA) is 41.2 Å². The summed E-state index contributed by atoms with van der Waals surface area (Å²) in [6.07, 6.45) is 9.52. The summed E-state index contributed by atoms with van der Waals surface area (Å²) in [7, 11) is 0. The van der Waals surface area contributed by atoms with Crippen LogP contribution in [0.3, 0.4) is 0 Å². The summed E-state index contributed by atoms with van der Waals surface area (Å²) >= 11 is 6.06. The third-order valence-electron chi connectivity index (χ3n) is 8.53. The molecule has 3 heterocycles. The van der Waals surface area contributed by atoms with Gasteiger partial charge in [-0.25, -0.2) is 4.98 Å². The summed E-state index contributed by atoms with van der Waals surface area (Å²) in [6.45, 7) is 20.0. The van der Waals surface area contributed by atoms with Gasteiger partial charge in [-0.3, -0.25) is 0 Å². The van der Waals surface area contributed by atoms with Gasteiger partial charge in [-0.2, -0.15) is 0 Å². The van der Waals surface area contributed by atoms with Gasteiger partial charge in [0, 0.05) is 31.0 Å². The largest absolute Gasteiger partial charge is 0.493 e. The summed E-state index contributed by atoms with van der Waals surface area (Å²) in [4.78, 5) is 10.2. The molecule has 1 aliphatic rings. The first-order valence-electron chi connectivity index (χ1n) is 16.2. The highest BCUT2D eigenvalue weighted by atomic mass is 35.5. The Morgan fingerprint density at radius 2 is 1.81 bits per heavy atom. The summed E-state index contributed by atoms with van der Waals surface area (Å²) in [5.41, 5.74) is 9.22. The van der Waals surface area contributed by atoms with Gasteiger partial charge in [0.1, 0.15) is 11.6 Å². The zero-order valence-corrected chi connectivity index (χ0v) is 28.4. The van der Waals surface area contributed by atoms with Crippen LogP contribution in [0.4, 0.5) is 5.82 Å². The Morgan fingerprint density at radius 1 is 1.05 bits per heavy atom. The average Bonchev–Trinajstić information content (AvgIpc) is 3.51. The van der Waals surface area contributed by atoms with Crippen LogP contribution in [0.2, 0.25) is 5.02 Å². The lowest BCUT2D eigenvalue weighted by Crippen LogP contribution is -2.32. The molecule has 0 unspecified atom stereocenters. The number of H-pyrrole nitrogens is 1. The quantitative estimate of drug-likeness (QED) is 0.218. The maximum Gasteiger partial charge on any atom is 0.131 e. The number of rotatable bonds is 8. The van der Waals surface area contributed by atoms with Crippen molar-refractivity contribution in [3.8, 4) is 5.75 Å². The second-order valence-corrected chi connectivity index (χ2v) is 11.7. The van der Waals surface area contributed by atoms with Crippen molar-refractivity contribution >= 4 is 33.9 Å². The number of hydrogen-bond donors (Lipinski definition) is 1. The summed E-state index contributed by atoms with van der Waals surface area (Å²) in [5, 5.41) is 1.96. The van der Waals surface area contributed by atoms with Crippen LogP contribution in [0.1, 0.15) is 89.5 Å². The van der Waals surface area contributed by atoms with Crippen molar-refractivity contribution in [2.45, 2.75) is 87.5 Å². The molecule has 0 aliphatic carbocycles. The molecule has 232 valence electrons.